The maximum absolute atomic E-state index is 11.6. The number of hydrogen-bond acceptors (Lipinski definition) is 4. The van der Waals surface area contributed by atoms with Crippen molar-refractivity contribution in [2.75, 3.05) is 12.0 Å². The molecule has 15 heavy (non-hydrogen) atoms. The van der Waals surface area contributed by atoms with Crippen LogP contribution in [-0.2, 0) is 4.79 Å². The predicted molar refractivity (Wildman–Crippen MR) is 64.9 cm³/mol. The molecule has 0 saturated carbocycles. The SMILES string of the molecule is CSCC[C@@H](N)C(=O)NC(C)(C)C(C)O. The van der Waals surface area contributed by atoms with Gasteiger partial charge >= 0.3 is 0 Å². The molecule has 0 aromatic rings. The summed E-state index contributed by atoms with van der Waals surface area (Å²) in [5.41, 5.74) is 5.07. The Morgan fingerprint density at radius 2 is 2.13 bits per heavy atom. The molecule has 0 fully saturated rings. The smallest absolute Gasteiger partial charge is 0.237 e. The van der Waals surface area contributed by atoms with E-state index in [2.05, 4.69) is 5.32 Å². The number of carbonyl (C=O) groups is 1. The molecule has 0 radical (unpaired) electrons. The molecule has 5 heteroatoms. The standard InChI is InChI=1S/C10H22N2O2S/c1-7(13)10(2,3)12-9(14)8(11)5-6-15-4/h7-8,13H,5-6,11H2,1-4H3,(H,12,14)/t7?,8-/m1/s1. The second-order valence-electron chi connectivity index (χ2n) is 4.27. The second kappa shape index (κ2) is 6.35. The molecule has 90 valence electrons. The first-order chi connectivity index (χ1) is 6.81. The van der Waals surface area contributed by atoms with Crippen molar-refractivity contribution in [2.45, 2.75) is 44.9 Å². The summed E-state index contributed by atoms with van der Waals surface area (Å²) in [7, 11) is 0. The Morgan fingerprint density at radius 1 is 1.60 bits per heavy atom. The zero-order valence-corrected chi connectivity index (χ0v) is 10.7. The van der Waals surface area contributed by atoms with Crippen LogP contribution in [0.4, 0.5) is 0 Å². The van der Waals surface area contributed by atoms with E-state index in [1.54, 1.807) is 32.5 Å². The topological polar surface area (TPSA) is 75.4 Å². The third-order valence-electron chi connectivity index (χ3n) is 2.46. The molecule has 0 aromatic carbocycles. The quantitative estimate of drug-likeness (QED) is 0.619. The maximum Gasteiger partial charge on any atom is 0.237 e. The van der Waals surface area contributed by atoms with Gasteiger partial charge in [-0.25, -0.2) is 0 Å². The third-order valence-corrected chi connectivity index (χ3v) is 3.10. The molecule has 0 aliphatic carbocycles. The van der Waals surface area contributed by atoms with Crippen LogP contribution in [0.1, 0.15) is 27.2 Å². The van der Waals surface area contributed by atoms with Gasteiger partial charge in [0.25, 0.3) is 0 Å². The number of aliphatic hydroxyl groups is 1. The molecule has 2 atom stereocenters. The van der Waals surface area contributed by atoms with Gasteiger partial charge in [0.05, 0.1) is 17.7 Å². The lowest BCUT2D eigenvalue weighted by molar-refractivity contribution is -0.125. The van der Waals surface area contributed by atoms with E-state index >= 15 is 0 Å². The number of nitrogens with one attached hydrogen (secondary N) is 1. The second-order valence-corrected chi connectivity index (χ2v) is 5.26. The van der Waals surface area contributed by atoms with E-state index in [0.717, 1.165) is 5.75 Å². The van der Waals surface area contributed by atoms with E-state index in [0.29, 0.717) is 6.42 Å². The molecule has 0 heterocycles. The lowest BCUT2D eigenvalue weighted by Gasteiger charge is -2.30. The van der Waals surface area contributed by atoms with Crippen molar-refractivity contribution in [3.8, 4) is 0 Å². The summed E-state index contributed by atoms with van der Waals surface area (Å²) in [5, 5.41) is 12.2. The van der Waals surface area contributed by atoms with E-state index in [1.807, 2.05) is 6.26 Å². The van der Waals surface area contributed by atoms with Gasteiger partial charge < -0.3 is 16.2 Å². The van der Waals surface area contributed by atoms with Gasteiger partial charge in [0.1, 0.15) is 0 Å². The molecule has 0 aliphatic rings. The van der Waals surface area contributed by atoms with Gasteiger partial charge in [-0.1, -0.05) is 0 Å². The number of aliphatic hydroxyl groups excluding tert-OH is 1. The van der Waals surface area contributed by atoms with Gasteiger partial charge in [-0.05, 0) is 39.2 Å². The van der Waals surface area contributed by atoms with Gasteiger partial charge in [0, 0.05) is 0 Å². The lowest BCUT2D eigenvalue weighted by atomic mass is 9.98. The molecule has 0 rings (SSSR count). The zero-order chi connectivity index (χ0) is 12.1. The van der Waals surface area contributed by atoms with Crippen LogP contribution in [-0.4, -0.2) is 40.7 Å². The fraction of sp³-hybridized carbons (Fsp3) is 0.900. The highest BCUT2D eigenvalue weighted by Crippen LogP contribution is 2.09. The summed E-state index contributed by atoms with van der Waals surface area (Å²) >= 11 is 1.66. The summed E-state index contributed by atoms with van der Waals surface area (Å²) in [6.45, 7) is 5.20. The molecule has 0 spiro atoms. The van der Waals surface area contributed by atoms with Gasteiger partial charge in [-0.15, -0.1) is 0 Å². The van der Waals surface area contributed by atoms with E-state index in [-0.39, 0.29) is 5.91 Å². The fourth-order valence-corrected chi connectivity index (χ4v) is 1.38. The van der Waals surface area contributed by atoms with Crippen LogP contribution in [0.5, 0.6) is 0 Å². The van der Waals surface area contributed by atoms with Crippen molar-refractivity contribution in [3.63, 3.8) is 0 Å². The van der Waals surface area contributed by atoms with Crippen molar-refractivity contribution >= 4 is 17.7 Å². The minimum Gasteiger partial charge on any atom is -0.391 e. The van der Waals surface area contributed by atoms with Crippen molar-refractivity contribution in [3.05, 3.63) is 0 Å². The number of carbonyl (C=O) groups excluding carboxylic acids is 1. The first kappa shape index (κ1) is 14.7. The predicted octanol–water partition coefficient (Wildman–Crippen LogP) is 0.342. The van der Waals surface area contributed by atoms with Crippen LogP contribution in [0.25, 0.3) is 0 Å². The average Bonchev–Trinajstić information content (AvgIpc) is 2.13. The van der Waals surface area contributed by atoms with Crippen molar-refractivity contribution in [1.29, 1.82) is 0 Å². The number of amides is 1. The van der Waals surface area contributed by atoms with Gasteiger partial charge in [-0.3, -0.25) is 4.79 Å². The first-order valence-corrected chi connectivity index (χ1v) is 6.45. The lowest BCUT2D eigenvalue weighted by Crippen LogP contribution is -2.55. The summed E-state index contributed by atoms with van der Waals surface area (Å²) in [6, 6.07) is -0.490. The van der Waals surface area contributed by atoms with Gasteiger partial charge in [0.2, 0.25) is 5.91 Å². The number of hydrogen-bond donors (Lipinski definition) is 3. The van der Waals surface area contributed by atoms with Crippen LogP contribution in [0.2, 0.25) is 0 Å². The number of thioether (sulfide) groups is 1. The molecule has 4 N–H and O–H groups in total. The van der Waals surface area contributed by atoms with E-state index in [1.165, 1.54) is 0 Å². The first-order valence-electron chi connectivity index (χ1n) is 5.06. The van der Waals surface area contributed by atoms with Crippen LogP contribution < -0.4 is 11.1 Å². The zero-order valence-electron chi connectivity index (χ0n) is 9.91. The molecule has 1 unspecified atom stereocenters. The Kier molecular flexibility index (Phi) is 6.24. The van der Waals surface area contributed by atoms with Crippen LogP contribution in [0.15, 0.2) is 0 Å². The Hall–Kier alpha value is -0.260. The summed E-state index contributed by atoms with van der Waals surface area (Å²) in [6.07, 6.45) is 2.03. The molecule has 1 amide bonds. The van der Waals surface area contributed by atoms with E-state index in [4.69, 9.17) is 5.73 Å². The molecular formula is C10H22N2O2S. The Morgan fingerprint density at radius 3 is 2.53 bits per heavy atom. The summed E-state index contributed by atoms with van der Waals surface area (Å²) < 4.78 is 0. The Bertz CT molecular complexity index is 208. The van der Waals surface area contributed by atoms with Crippen molar-refractivity contribution in [1.82, 2.24) is 5.32 Å². The third kappa shape index (κ3) is 5.39. The molecule has 0 aliphatic heterocycles. The minimum absolute atomic E-state index is 0.199. The van der Waals surface area contributed by atoms with E-state index in [9.17, 15) is 9.90 Å². The molecular weight excluding hydrogens is 212 g/mol. The van der Waals surface area contributed by atoms with Crippen molar-refractivity contribution < 1.29 is 9.90 Å². The highest BCUT2D eigenvalue weighted by atomic mass is 32.2. The van der Waals surface area contributed by atoms with Crippen LogP contribution in [0.3, 0.4) is 0 Å². The van der Waals surface area contributed by atoms with E-state index < -0.39 is 17.7 Å². The minimum atomic E-state index is -0.631. The molecule has 4 nitrogen and oxygen atoms in total. The van der Waals surface area contributed by atoms with Crippen LogP contribution in [0, 0.1) is 0 Å². The largest absolute Gasteiger partial charge is 0.391 e. The van der Waals surface area contributed by atoms with Crippen molar-refractivity contribution in [2.24, 2.45) is 5.73 Å². The Balaban J connectivity index is 4.12. The number of rotatable bonds is 6. The highest BCUT2D eigenvalue weighted by molar-refractivity contribution is 7.98. The summed E-state index contributed by atoms with van der Waals surface area (Å²) in [5.74, 6) is 0.666. The maximum atomic E-state index is 11.6. The molecule has 0 bridgehead atoms. The highest BCUT2D eigenvalue weighted by Gasteiger charge is 2.27. The average molecular weight is 234 g/mol. The van der Waals surface area contributed by atoms with Crippen LogP contribution >= 0.6 is 11.8 Å². The monoisotopic (exact) mass is 234 g/mol. The number of nitrogens with two attached hydrogens (primary N) is 1. The molecule has 0 saturated heterocycles. The summed E-state index contributed by atoms with van der Waals surface area (Å²) in [4.78, 5) is 11.6. The van der Waals surface area contributed by atoms with Gasteiger partial charge in [-0.2, -0.15) is 11.8 Å². The Labute approximate surface area is 96.0 Å². The van der Waals surface area contributed by atoms with Gasteiger partial charge in [0.15, 0.2) is 0 Å². The molecule has 0 aromatic heterocycles. The normalized spacial score (nSPS) is 15.9. The fourth-order valence-electron chi connectivity index (χ4n) is 0.891.